The Morgan fingerprint density at radius 3 is 2.23 bits per heavy atom. The topological polar surface area (TPSA) is 135 Å². The Balaban J connectivity index is 1.58. The Kier molecular flexibility index (Phi) is 8.90. The van der Waals surface area contributed by atoms with Gasteiger partial charge in [-0.2, -0.15) is 0 Å². The first kappa shape index (κ1) is 32.3. The molecule has 3 heterocycles. The highest BCUT2D eigenvalue weighted by Crippen LogP contribution is 2.37. The Labute approximate surface area is 253 Å². The number of rotatable bonds is 6. The molecule has 2 aromatic rings. The normalized spacial score (nSPS) is 20.3. The number of carbonyl (C=O) groups excluding carboxylic acids is 3. The lowest BCUT2D eigenvalue weighted by atomic mass is 9.79. The second-order valence-corrected chi connectivity index (χ2v) is 13.4. The van der Waals surface area contributed by atoms with Crippen molar-refractivity contribution in [2.24, 2.45) is 5.92 Å². The lowest BCUT2D eigenvalue weighted by molar-refractivity contribution is -0.135. The molecule has 0 aliphatic carbocycles. The summed E-state index contributed by atoms with van der Waals surface area (Å²) < 4.78 is 22.7. The molecular weight excluding hydrogens is 553 g/mol. The van der Waals surface area contributed by atoms with Gasteiger partial charge in [0.2, 0.25) is 5.91 Å². The SMILES string of the molecule is COC(=O)N[C@H](C(=O)N1CN(C(=O)OC(C)(C)C)C[C@H]1c1nc(-c2ccc(B3OC(C)(C)C(C)(C)O3)cc2)c[nH]1)C(C)C. The van der Waals surface area contributed by atoms with Gasteiger partial charge in [-0.3, -0.25) is 9.69 Å². The summed E-state index contributed by atoms with van der Waals surface area (Å²) in [5.74, 6) is -0.0938. The molecule has 0 radical (unpaired) electrons. The lowest BCUT2D eigenvalue weighted by Gasteiger charge is -2.32. The van der Waals surface area contributed by atoms with Gasteiger partial charge in [0.1, 0.15) is 23.5 Å². The third-order valence-electron chi connectivity index (χ3n) is 8.06. The van der Waals surface area contributed by atoms with Gasteiger partial charge in [0, 0.05) is 11.8 Å². The summed E-state index contributed by atoms with van der Waals surface area (Å²) in [6.45, 7) is 17.2. The fourth-order valence-electron chi connectivity index (χ4n) is 4.89. The highest BCUT2D eigenvalue weighted by molar-refractivity contribution is 6.62. The quantitative estimate of drug-likeness (QED) is 0.480. The largest absolute Gasteiger partial charge is 0.494 e. The number of hydrogen-bond donors (Lipinski definition) is 2. The summed E-state index contributed by atoms with van der Waals surface area (Å²) in [5.41, 5.74) is 0.845. The zero-order chi connectivity index (χ0) is 31.9. The molecule has 2 saturated heterocycles. The van der Waals surface area contributed by atoms with E-state index < -0.39 is 48.2 Å². The van der Waals surface area contributed by atoms with E-state index in [9.17, 15) is 14.4 Å². The van der Waals surface area contributed by atoms with Crippen LogP contribution in [0.15, 0.2) is 30.5 Å². The van der Waals surface area contributed by atoms with Crippen LogP contribution < -0.4 is 10.8 Å². The van der Waals surface area contributed by atoms with Gasteiger partial charge in [-0.1, -0.05) is 38.1 Å². The van der Waals surface area contributed by atoms with Crippen LogP contribution in [-0.4, -0.2) is 88.1 Å². The highest BCUT2D eigenvalue weighted by Gasteiger charge is 2.51. The molecule has 234 valence electrons. The first-order chi connectivity index (χ1) is 19.9. The van der Waals surface area contributed by atoms with Crippen molar-refractivity contribution in [3.05, 3.63) is 36.3 Å². The smallest absolute Gasteiger partial charge is 0.453 e. The molecule has 2 atom stereocenters. The van der Waals surface area contributed by atoms with Gasteiger partial charge in [-0.25, -0.2) is 14.6 Å². The van der Waals surface area contributed by atoms with E-state index in [0.717, 1.165) is 11.0 Å². The van der Waals surface area contributed by atoms with Crippen LogP contribution in [0.3, 0.4) is 0 Å². The number of H-pyrrole nitrogens is 1. The van der Waals surface area contributed by atoms with Crippen molar-refractivity contribution in [1.82, 2.24) is 25.1 Å². The fourth-order valence-corrected chi connectivity index (χ4v) is 4.89. The van der Waals surface area contributed by atoms with Gasteiger partial charge in [-0.05, 0) is 59.8 Å². The maximum absolute atomic E-state index is 13.8. The minimum Gasteiger partial charge on any atom is -0.453 e. The van der Waals surface area contributed by atoms with Crippen LogP contribution in [0.5, 0.6) is 0 Å². The fraction of sp³-hybridized carbons (Fsp3) is 0.600. The molecule has 2 aliphatic heterocycles. The number of methoxy groups -OCH3 is 1. The summed E-state index contributed by atoms with van der Waals surface area (Å²) in [6, 6.07) is 6.32. The Hall–Kier alpha value is -3.58. The second kappa shape index (κ2) is 11.8. The molecule has 0 bridgehead atoms. The van der Waals surface area contributed by atoms with E-state index in [2.05, 4.69) is 10.3 Å². The molecule has 2 aliphatic rings. The number of ether oxygens (including phenoxy) is 2. The molecular formula is C30H44BN5O7. The van der Waals surface area contributed by atoms with Crippen molar-refractivity contribution in [1.29, 1.82) is 0 Å². The van der Waals surface area contributed by atoms with Crippen LogP contribution in [0.25, 0.3) is 11.3 Å². The van der Waals surface area contributed by atoms with Gasteiger partial charge in [0.05, 0.1) is 37.2 Å². The predicted molar refractivity (Wildman–Crippen MR) is 161 cm³/mol. The third kappa shape index (κ3) is 6.99. The first-order valence-electron chi connectivity index (χ1n) is 14.6. The van der Waals surface area contributed by atoms with Gasteiger partial charge < -0.3 is 34.0 Å². The van der Waals surface area contributed by atoms with E-state index in [4.69, 9.17) is 23.8 Å². The second-order valence-electron chi connectivity index (χ2n) is 13.4. The molecule has 3 amide bonds. The molecule has 2 fully saturated rings. The zero-order valence-corrected chi connectivity index (χ0v) is 26.8. The molecule has 0 unspecified atom stereocenters. The van der Waals surface area contributed by atoms with Crippen molar-refractivity contribution >= 4 is 30.7 Å². The highest BCUT2D eigenvalue weighted by atomic mass is 16.7. The maximum Gasteiger partial charge on any atom is 0.494 e. The maximum atomic E-state index is 13.8. The number of alkyl carbamates (subject to hydrolysis) is 1. The molecule has 1 aromatic carbocycles. The predicted octanol–water partition coefficient (Wildman–Crippen LogP) is 3.83. The number of nitrogens with one attached hydrogen (secondary N) is 2. The molecule has 0 spiro atoms. The molecule has 4 rings (SSSR count). The van der Waals surface area contributed by atoms with Crippen LogP contribution in [0.2, 0.25) is 0 Å². The molecule has 1 aromatic heterocycles. The van der Waals surface area contributed by atoms with E-state index in [1.54, 1.807) is 27.0 Å². The standard InChI is InChI=1S/C30H44BN5O7/c1-18(2)23(34-26(38)40-10)25(37)36-17-35(27(39)41-28(3,4)5)16-22(36)24-32-15-21(33-24)19-11-13-20(14-12-19)31-42-29(6,7)30(8,9)43-31/h11-15,18,22-23H,16-17H2,1-10H3,(H,32,33)(H,34,38)/t22-,23-/m0/s1. The number of benzene rings is 1. The monoisotopic (exact) mass is 597 g/mol. The number of nitrogens with zero attached hydrogens (tertiary/aromatic N) is 3. The van der Waals surface area contributed by atoms with Crippen molar-refractivity contribution < 1.29 is 33.2 Å². The Bertz CT molecular complexity index is 1320. The van der Waals surface area contributed by atoms with Crippen LogP contribution in [0, 0.1) is 5.92 Å². The Morgan fingerprint density at radius 2 is 1.70 bits per heavy atom. The van der Waals surface area contributed by atoms with Crippen LogP contribution in [0.1, 0.15) is 74.2 Å². The average molecular weight is 598 g/mol. The number of imidazole rings is 1. The summed E-state index contributed by atoms with van der Waals surface area (Å²) in [4.78, 5) is 49.9. The Morgan fingerprint density at radius 1 is 1.09 bits per heavy atom. The number of carbonyl (C=O) groups is 3. The van der Waals surface area contributed by atoms with Crippen LogP contribution >= 0.6 is 0 Å². The van der Waals surface area contributed by atoms with Crippen LogP contribution in [0.4, 0.5) is 9.59 Å². The molecule has 12 nitrogen and oxygen atoms in total. The van der Waals surface area contributed by atoms with Crippen molar-refractivity contribution in [2.45, 2.75) is 91.2 Å². The van der Waals surface area contributed by atoms with E-state index in [0.29, 0.717) is 11.5 Å². The van der Waals surface area contributed by atoms with Gasteiger partial charge in [-0.15, -0.1) is 0 Å². The zero-order valence-electron chi connectivity index (χ0n) is 26.8. The van der Waals surface area contributed by atoms with Gasteiger partial charge >= 0.3 is 19.3 Å². The molecule has 0 saturated carbocycles. The third-order valence-corrected chi connectivity index (χ3v) is 8.06. The minimum atomic E-state index is -0.870. The lowest BCUT2D eigenvalue weighted by Crippen LogP contribution is -2.51. The average Bonchev–Trinajstić information content (AvgIpc) is 3.62. The van der Waals surface area contributed by atoms with E-state index >= 15 is 0 Å². The summed E-state index contributed by atoms with van der Waals surface area (Å²) in [5, 5.41) is 2.63. The molecule has 13 heteroatoms. The van der Waals surface area contributed by atoms with Gasteiger partial charge in [0.15, 0.2) is 0 Å². The molecule has 43 heavy (non-hydrogen) atoms. The number of aromatic nitrogens is 2. The minimum absolute atomic E-state index is 0.0245. The summed E-state index contributed by atoms with van der Waals surface area (Å²) in [6.07, 6.45) is 0.515. The van der Waals surface area contributed by atoms with Crippen LogP contribution in [-0.2, 0) is 23.6 Å². The number of hydrogen-bond acceptors (Lipinski definition) is 8. The first-order valence-corrected chi connectivity index (χ1v) is 14.6. The van der Waals surface area contributed by atoms with E-state index in [1.165, 1.54) is 16.9 Å². The van der Waals surface area contributed by atoms with Crippen molar-refractivity contribution in [3.63, 3.8) is 0 Å². The van der Waals surface area contributed by atoms with E-state index in [1.807, 2.05) is 65.8 Å². The van der Waals surface area contributed by atoms with Crippen molar-refractivity contribution in [2.75, 3.05) is 20.3 Å². The number of amides is 3. The van der Waals surface area contributed by atoms with E-state index in [-0.39, 0.29) is 25.0 Å². The summed E-state index contributed by atoms with van der Waals surface area (Å²) in [7, 11) is 0.769. The molecule has 2 N–H and O–H groups in total. The van der Waals surface area contributed by atoms with Gasteiger partial charge in [0.25, 0.3) is 0 Å². The summed E-state index contributed by atoms with van der Waals surface area (Å²) >= 11 is 0. The number of aromatic amines is 1. The van der Waals surface area contributed by atoms with Crippen molar-refractivity contribution in [3.8, 4) is 11.3 Å².